The van der Waals surface area contributed by atoms with Gasteiger partial charge in [0.1, 0.15) is 0 Å². The molecule has 0 saturated heterocycles. The van der Waals surface area contributed by atoms with Gasteiger partial charge in [-0.05, 0) is 44.1 Å². The second-order valence-electron chi connectivity index (χ2n) is 5.98. The van der Waals surface area contributed by atoms with Gasteiger partial charge in [0.2, 0.25) is 0 Å². The van der Waals surface area contributed by atoms with Crippen molar-refractivity contribution in [1.29, 1.82) is 5.26 Å². The summed E-state index contributed by atoms with van der Waals surface area (Å²) < 4.78 is 0. The topological polar surface area (TPSA) is 40.9 Å². The van der Waals surface area contributed by atoms with Crippen LogP contribution in [0.4, 0.5) is 0 Å². The van der Waals surface area contributed by atoms with E-state index in [-0.39, 0.29) is 17.1 Å². The molecule has 1 atom stereocenters. The highest BCUT2D eigenvalue weighted by Gasteiger charge is 2.30. The molecule has 0 spiro atoms. The van der Waals surface area contributed by atoms with E-state index in [2.05, 4.69) is 32.9 Å². The van der Waals surface area contributed by atoms with Gasteiger partial charge in [-0.3, -0.25) is 4.79 Å². The normalized spacial score (nSPS) is 31.3. The van der Waals surface area contributed by atoms with Gasteiger partial charge in [0, 0.05) is 6.42 Å². The number of carbonyl (C=O) groups excluding carboxylic acids is 1. The smallest absolute Gasteiger partial charge is 0.159 e. The second kappa shape index (κ2) is 6.00. The predicted octanol–water partition coefficient (Wildman–Crippen LogP) is 4.19. The lowest BCUT2D eigenvalue weighted by atomic mass is 9.74. The standard InChI is InChI=1S/C16H23NO/c1-12-6-5-7-13(2)15(18)10-14(11-17)16(3,4)9-8-12/h7-8,14H,5-6,9-10H2,1-4H3/b12-8+,13-7+. The molecule has 0 aliphatic heterocycles. The fraction of sp³-hybridized carbons (Fsp3) is 0.625. The summed E-state index contributed by atoms with van der Waals surface area (Å²) in [4.78, 5) is 12.0. The molecule has 0 aromatic rings. The third-order valence-electron chi connectivity index (χ3n) is 3.89. The monoisotopic (exact) mass is 245 g/mol. The summed E-state index contributed by atoms with van der Waals surface area (Å²) in [5.74, 6) is -0.0929. The van der Waals surface area contributed by atoms with E-state index in [1.165, 1.54) is 5.57 Å². The van der Waals surface area contributed by atoms with E-state index >= 15 is 0 Å². The SMILES string of the molecule is C/C1=C\CC(C)(C)C(C#N)CC(=O)/C(C)=C/CC1. The lowest BCUT2D eigenvalue weighted by Crippen LogP contribution is -2.25. The van der Waals surface area contributed by atoms with Crippen molar-refractivity contribution in [2.45, 2.75) is 53.4 Å². The molecule has 1 aliphatic carbocycles. The Morgan fingerprint density at radius 3 is 2.61 bits per heavy atom. The molecule has 2 nitrogen and oxygen atoms in total. The van der Waals surface area contributed by atoms with Crippen molar-refractivity contribution >= 4 is 5.78 Å². The summed E-state index contributed by atoms with van der Waals surface area (Å²) in [7, 11) is 0. The first-order chi connectivity index (χ1) is 8.36. The van der Waals surface area contributed by atoms with Crippen LogP contribution in [0, 0.1) is 22.7 Å². The van der Waals surface area contributed by atoms with Crippen LogP contribution in [0.2, 0.25) is 0 Å². The van der Waals surface area contributed by atoms with Crippen LogP contribution < -0.4 is 0 Å². The summed E-state index contributed by atoms with van der Waals surface area (Å²) in [6, 6.07) is 2.32. The van der Waals surface area contributed by atoms with Gasteiger partial charge < -0.3 is 0 Å². The number of nitriles is 1. The fourth-order valence-corrected chi connectivity index (χ4v) is 2.15. The number of Topliss-reactive ketones (excluding diaryl/α,β-unsaturated/α-hetero) is 1. The lowest BCUT2D eigenvalue weighted by molar-refractivity contribution is -0.116. The molecule has 0 saturated carbocycles. The Morgan fingerprint density at radius 1 is 1.33 bits per heavy atom. The third kappa shape index (κ3) is 3.84. The van der Waals surface area contributed by atoms with E-state index in [0.29, 0.717) is 6.42 Å². The number of allylic oxidation sites excluding steroid dienone is 4. The molecule has 18 heavy (non-hydrogen) atoms. The number of rotatable bonds is 0. The fourth-order valence-electron chi connectivity index (χ4n) is 2.15. The molecule has 0 radical (unpaired) electrons. The van der Waals surface area contributed by atoms with Crippen molar-refractivity contribution in [3.63, 3.8) is 0 Å². The summed E-state index contributed by atoms with van der Waals surface area (Å²) in [5, 5.41) is 9.30. The molecular formula is C16H23NO. The zero-order chi connectivity index (χ0) is 13.8. The van der Waals surface area contributed by atoms with Crippen molar-refractivity contribution in [3.8, 4) is 6.07 Å². The van der Waals surface area contributed by atoms with Gasteiger partial charge in [0.15, 0.2) is 5.78 Å². The zero-order valence-electron chi connectivity index (χ0n) is 11.9. The Morgan fingerprint density at radius 2 is 2.00 bits per heavy atom. The van der Waals surface area contributed by atoms with E-state index in [1.54, 1.807) is 0 Å². The lowest BCUT2D eigenvalue weighted by Gasteiger charge is -2.28. The Hall–Kier alpha value is -1.36. The molecule has 1 unspecified atom stereocenters. The zero-order valence-corrected chi connectivity index (χ0v) is 11.9. The van der Waals surface area contributed by atoms with Crippen molar-refractivity contribution in [2.75, 3.05) is 0 Å². The highest BCUT2D eigenvalue weighted by Crippen LogP contribution is 2.35. The van der Waals surface area contributed by atoms with Crippen molar-refractivity contribution in [1.82, 2.24) is 0 Å². The van der Waals surface area contributed by atoms with E-state index in [9.17, 15) is 10.1 Å². The molecule has 0 fully saturated rings. The van der Waals surface area contributed by atoms with Crippen molar-refractivity contribution in [2.24, 2.45) is 11.3 Å². The summed E-state index contributed by atoms with van der Waals surface area (Å²) in [5.41, 5.74) is 2.01. The predicted molar refractivity (Wildman–Crippen MR) is 73.9 cm³/mol. The van der Waals surface area contributed by atoms with E-state index in [1.807, 2.05) is 13.0 Å². The third-order valence-corrected chi connectivity index (χ3v) is 3.89. The minimum Gasteiger partial charge on any atom is -0.295 e. The van der Waals surface area contributed by atoms with E-state index in [4.69, 9.17) is 0 Å². The average molecular weight is 245 g/mol. The quantitative estimate of drug-likeness (QED) is 0.600. The molecule has 1 rings (SSSR count). The Kier molecular flexibility index (Phi) is 4.90. The molecule has 0 aromatic heterocycles. The molecule has 0 amide bonds. The number of nitrogens with zero attached hydrogens (tertiary/aromatic N) is 1. The number of hydrogen-bond donors (Lipinski definition) is 0. The van der Waals surface area contributed by atoms with Gasteiger partial charge >= 0.3 is 0 Å². The Bertz CT molecular complexity index is 421. The molecule has 0 heterocycles. The van der Waals surface area contributed by atoms with Crippen molar-refractivity contribution in [3.05, 3.63) is 23.3 Å². The summed E-state index contributed by atoms with van der Waals surface area (Å²) in [6.45, 7) is 8.14. The van der Waals surface area contributed by atoms with Crippen LogP contribution in [-0.4, -0.2) is 5.78 Å². The maximum absolute atomic E-state index is 12.0. The number of ketones is 1. The van der Waals surface area contributed by atoms with Gasteiger partial charge in [0.25, 0.3) is 0 Å². The molecule has 0 bridgehead atoms. The van der Waals surface area contributed by atoms with Gasteiger partial charge in [-0.1, -0.05) is 31.6 Å². The van der Waals surface area contributed by atoms with E-state index < -0.39 is 0 Å². The van der Waals surface area contributed by atoms with Crippen LogP contribution in [0.15, 0.2) is 23.3 Å². The van der Waals surface area contributed by atoms with Crippen LogP contribution in [0.25, 0.3) is 0 Å². The highest BCUT2D eigenvalue weighted by molar-refractivity contribution is 5.95. The summed E-state index contributed by atoms with van der Waals surface area (Å²) >= 11 is 0. The maximum atomic E-state index is 12.0. The van der Waals surface area contributed by atoms with Crippen LogP contribution in [0.1, 0.15) is 53.4 Å². The average Bonchev–Trinajstić information content (AvgIpc) is 2.33. The van der Waals surface area contributed by atoms with Crippen LogP contribution in [0.5, 0.6) is 0 Å². The number of hydrogen-bond acceptors (Lipinski definition) is 2. The second-order valence-corrected chi connectivity index (χ2v) is 5.98. The van der Waals surface area contributed by atoms with Crippen molar-refractivity contribution < 1.29 is 4.79 Å². The number of carbonyl (C=O) groups is 1. The summed E-state index contributed by atoms with van der Waals surface area (Å²) in [6.07, 6.45) is 7.35. The first kappa shape index (κ1) is 14.7. The largest absolute Gasteiger partial charge is 0.295 e. The Labute approximate surface area is 110 Å². The van der Waals surface area contributed by atoms with Crippen LogP contribution in [-0.2, 0) is 4.79 Å². The first-order valence-electron chi connectivity index (χ1n) is 6.62. The minimum atomic E-state index is -0.212. The molecule has 0 N–H and O–H groups in total. The highest BCUT2D eigenvalue weighted by atomic mass is 16.1. The maximum Gasteiger partial charge on any atom is 0.159 e. The first-order valence-corrected chi connectivity index (χ1v) is 6.62. The van der Waals surface area contributed by atoms with E-state index in [0.717, 1.165) is 24.8 Å². The van der Waals surface area contributed by atoms with Gasteiger partial charge in [0.05, 0.1) is 12.0 Å². The molecule has 2 heteroatoms. The van der Waals surface area contributed by atoms with Crippen LogP contribution >= 0.6 is 0 Å². The Balaban J connectivity index is 3.04. The van der Waals surface area contributed by atoms with Gasteiger partial charge in [-0.25, -0.2) is 0 Å². The molecular weight excluding hydrogens is 222 g/mol. The molecule has 0 aromatic carbocycles. The van der Waals surface area contributed by atoms with Gasteiger partial charge in [-0.15, -0.1) is 0 Å². The molecule has 98 valence electrons. The van der Waals surface area contributed by atoms with Gasteiger partial charge in [-0.2, -0.15) is 5.26 Å². The minimum absolute atomic E-state index is 0.120. The molecule has 1 aliphatic rings. The van der Waals surface area contributed by atoms with Crippen LogP contribution in [0.3, 0.4) is 0 Å².